The molecular formula is C18H30ClN5O2. The monoisotopic (exact) mass is 383 g/mol. The van der Waals surface area contributed by atoms with E-state index in [1.807, 2.05) is 14.0 Å². The van der Waals surface area contributed by atoms with Crippen LogP contribution in [0.1, 0.15) is 45.2 Å². The van der Waals surface area contributed by atoms with Crippen molar-refractivity contribution in [3.05, 3.63) is 10.7 Å². The molecule has 1 heterocycles. The minimum absolute atomic E-state index is 0.00691. The highest BCUT2D eigenvalue weighted by Gasteiger charge is 2.36. The number of hydrogen-bond acceptors (Lipinski definition) is 6. The van der Waals surface area contributed by atoms with Crippen LogP contribution in [0.25, 0.3) is 0 Å². The lowest BCUT2D eigenvalue weighted by Gasteiger charge is -2.37. The second-order valence-electron chi connectivity index (χ2n) is 6.85. The first-order valence-electron chi connectivity index (χ1n) is 9.30. The van der Waals surface area contributed by atoms with Crippen molar-refractivity contribution in [3.8, 4) is 0 Å². The molecule has 26 heavy (non-hydrogen) atoms. The lowest BCUT2D eigenvalue weighted by Crippen LogP contribution is -2.45. The van der Waals surface area contributed by atoms with Crippen LogP contribution in [0.3, 0.4) is 0 Å². The number of aromatic nitrogens is 2. The van der Waals surface area contributed by atoms with Gasteiger partial charge in [-0.05, 0) is 39.5 Å². The summed E-state index contributed by atoms with van der Waals surface area (Å²) in [6.45, 7) is 7.23. The van der Waals surface area contributed by atoms with Gasteiger partial charge in [0.05, 0.1) is 17.8 Å². The van der Waals surface area contributed by atoms with Gasteiger partial charge in [0.25, 0.3) is 0 Å². The maximum Gasteiger partial charge on any atom is 0.225 e. The van der Waals surface area contributed by atoms with Crippen LogP contribution in [-0.2, 0) is 9.53 Å². The average molecular weight is 384 g/mol. The highest BCUT2D eigenvalue weighted by atomic mass is 35.5. The van der Waals surface area contributed by atoms with E-state index in [0.29, 0.717) is 36.1 Å². The van der Waals surface area contributed by atoms with Crippen molar-refractivity contribution >= 4 is 29.3 Å². The van der Waals surface area contributed by atoms with E-state index in [1.54, 1.807) is 11.8 Å². The zero-order valence-electron chi connectivity index (χ0n) is 16.1. The van der Waals surface area contributed by atoms with Gasteiger partial charge in [-0.25, -0.2) is 4.98 Å². The Kier molecular flexibility index (Phi) is 7.46. The van der Waals surface area contributed by atoms with Crippen molar-refractivity contribution < 1.29 is 9.53 Å². The number of hydrogen-bond donors (Lipinski definition) is 2. The number of nitrogens with one attached hydrogen (secondary N) is 1. The SMILES string of the molecule is CCCO[C@@H]1C[C@@H](C(=O)N(C)CC)CC[C@H]1Nc1nc(N)nc(C)c1Cl. The van der Waals surface area contributed by atoms with Crippen molar-refractivity contribution in [2.24, 2.45) is 5.92 Å². The Morgan fingerprint density at radius 1 is 1.38 bits per heavy atom. The second-order valence-corrected chi connectivity index (χ2v) is 7.23. The normalized spacial score (nSPS) is 22.9. The van der Waals surface area contributed by atoms with Crippen molar-refractivity contribution in [3.63, 3.8) is 0 Å². The molecule has 0 aliphatic heterocycles. The van der Waals surface area contributed by atoms with Crippen molar-refractivity contribution in [1.29, 1.82) is 0 Å². The molecule has 0 bridgehead atoms. The lowest BCUT2D eigenvalue weighted by atomic mass is 9.83. The van der Waals surface area contributed by atoms with Gasteiger partial charge in [0.1, 0.15) is 5.02 Å². The van der Waals surface area contributed by atoms with E-state index < -0.39 is 0 Å². The van der Waals surface area contributed by atoms with E-state index in [9.17, 15) is 4.79 Å². The van der Waals surface area contributed by atoms with E-state index in [1.165, 1.54) is 0 Å². The molecule has 1 saturated carbocycles. The maximum absolute atomic E-state index is 12.5. The maximum atomic E-state index is 12.5. The molecule has 146 valence electrons. The quantitative estimate of drug-likeness (QED) is 0.751. The molecule has 3 N–H and O–H groups in total. The van der Waals surface area contributed by atoms with Gasteiger partial charge in [-0.1, -0.05) is 18.5 Å². The van der Waals surface area contributed by atoms with Crippen LogP contribution >= 0.6 is 11.6 Å². The molecule has 7 nitrogen and oxygen atoms in total. The number of nitrogens with zero attached hydrogens (tertiary/aromatic N) is 3. The van der Waals surface area contributed by atoms with Crippen LogP contribution in [-0.4, -0.2) is 53.1 Å². The van der Waals surface area contributed by atoms with E-state index in [0.717, 1.165) is 19.3 Å². The van der Waals surface area contributed by atoms with Crippen molar-refractivity contribution in [2.75, 3.05) is 31.2 Å². The number of carbonyl (C=O) groups is 1. The van der Waals surface area contributed by atoms with Gasteiger partial charge in [-0.15, -0.1) is 0 Å². The Balaban J connectivity index is 2.14. The van der Waals surface area contributed by atoms with Crippen LogP contribution in [0.2, 0.25) is 5.02 Å². The number of anilines is 2. The van der Waals surface area contributed by atoms with Crippen LogP contribution in [0, 0.1) is 12.8 Å². The summed E-state index contributed by atoms with van der Waals surface area (Å²) in [7, 11) is 1.85. The average Bonchev–Trinajstić information content (AvgIpc) is 2.63. The summed E-state index contributed by atoms with van der Waals surface area (Å²) in [6, 6.07) is 0.0312. The highest BCUT2D eigenvalue weighted by molar-refractivity contribution is 6.33. The predicted molar refractivity (Wildman–Crippen MR) is 104 cm³/mol. The number of ether oxygens (including phenoxy) is 1. The molecule has 0 radical (unpaired) electrons. The molecule has 0 aromatic carbocycles. The first-order valence-corrected chi connectivity index (χ1v) is 9.67. The molecule has 8 heteroatoms. The van der Waals surface area contributed by atoms with Gasteiger partial charge >= 0.3 is 0 Å². The van der Waals surface area contributed by atoms with E-state index in [-0.39, 0.29) is 29.9 Å². The van der Waals surface area contributed by atoms with Crippen LogP contribution in [0.15, 0.2) is 0 Å². The summed E-state index contributed by atoms with van der Waals surface area (Å²) in [4.78, 5) is 22.6. The van der Waals surface area contributed by atoms with Gasteiger partial charge in [0, 0.05) is 26.1 Å². The molecule has 1 amide bonds. The van der Waals surface area contributed by atoms with E-state index in [2.05, 4.69) is 22.2 Å². The number of amides is 1. The standard InChI is InChI=1S/C18H30ClN5O2/c1-5-9-26-14-10-12(17(25)24(4)6-2)7-8-13(14)22-16-15(19)11(3)21-18(20)23-16/h12-14H,5-10H2,1-4H3,(H3,20,21,22,23)/t12-,13+,14+/m0/s1. The third-order valence-corrected chi connectivity index (χ3v) is 5.34. The van der Waals surface area contributed by atoms with Gasteiger partial charge < -0.3 is 20.7 Å². The predicted octanol–water partition coefficient (Wildman–Crippen LogP) is 2.87. The van der Waals surface area contributed by atoms with Crippen LogP contribution in [0.5, 0.6) is 0 Å². The number of carbonyl (C=O) groups excluding carboxylic acids is 1. The molecule has 1 aliphatic carbocycles. The molecule has 0 saturated heterocycles. The number of nitrogens with two attached hydrogens (primary N) is 1. The Morgan fingerprint density at radius 3 is 2.77 bits per heavy atom. The summed E-state index contributed by atoms with van der Waals surface area (Å²) in [5, 5.41) is 3.85. The van der Waals surface area contributed by atoms with E-state index in [4.69, 9.17) is 22.1 Å². The number of halogens is 1. The van der Waals surface area contributed by atoms with Crippen LogP contribution in [0.4, 0.5) is 11.8 Å². The minimum atomic E-state index is -0.0736. The fourth-order valence-electron chi connectivity index (χ4n) is 3.29. The van der Waals surface area contributed by atoms with Crippen molar-refractivity contribution in [2.45, 2.75) is 58.6 Å². The summed E-state index contributed by atoms with van der Waals surface area (Å²) in [6.07, 6.45) is 3.16. The zero-order chi connectivity index (χ0) is 19.3. The summed E-state index contributed by atoms with van der Waals surface area (Å²) < 4.78 is 6.06. The molecule has 1 fully saturated rings. The van der Waals surface area contributed by atoms with Gasteiger partial charge in [0.2, 0.25) is 11.9 Å². The Hall–Kier alpha value is -1.60. The first-order chi connectivity index (χ1) is 12.4. The molecule has 2 rings (SSSR count). The fraction of sp³-hybridized carbons (Fsp3) is 0.722. The molecule has 1 aromatic heterocycles. The molecule has 1 aromatic rings. The minimum Gasteiger partial charge on any atom is -0.376 e. The second kappa shape index (κ2) is 9.37. The third-order valence-electron chi connectivity index (χ3n) is 4.88. The molecule has 1 aliphatic rings. The Bertz CT molecular complexity index is 628. The van der Waals surface area contributed by atoms with Crippen LogP contribution < -0.4 is 11.1 Å². The lowest BCUT2D eigenvalue weighted by molar-refractivity contribution is -0.137. The third kappa shape index (κ3) is 4.98. The molecule has 0 unspecified atom stereocenters. The Labute approximate surface area is 160 Å². The fourth-order valence-corrected chi connectivity index (χ4v) is 3.43. The largest absolute Gasteiger partial charge is 0.376 e. The summed E-state index contributed by atoms with van der Waals surface area (Å²) >= 11 is 6.33. The number of aryl methyl sites for hydroxylation is 1. The topological polar surface area (TPSA) is 93.4 Å². The first kappa shape index (κ1) is 20.7. The zero-order valence-corrected chi connectivity index (χ0v) is 16.8. The van der Waals surface area contributed by atoms with Gasteiger partial charge in [0.15, 0.2) is 5.82 Å². The highest BCUT2D eigenvalue weighted by Crippen LogP contribution is 2.32. The number of rotatable bonds is 7. The number of nitrogen functional groups attached to an aromatic ring is 1. The summed E-state index contributed by atoms with van der Waals surface area (Å²) in [5.74, 6) is 0.903. The van der Waals surface area contributed by atoms with E-state index >= 15 is 0 Å². The molecule has 3 atom stereocenters. The molecular weight excluding hydrogens is 354 g/mol. The van der Waals surface area contributed by atoms with Gasteiger partial charge in [-0.3, -0.25) is 4.79 Å². The van der Waals surface area contributed by atoms with Crippen molar-refractivity contribution in [1.82, 2.24) is 14.9 Å². The Morgan fingerprint density at radius 2 is 2.12 bits per heavy atom. The molecule has 0 spiro atoms. The van der Waals surface area contributed by atoms with Gasteiger partial charge in [-0.2, -0.15) is 4.98 Å². The summed E-state index contributed by atoms with van der Waals surface area (Å²) in [5.41, 5.74) is 6.40. The smallest absolute Gasteiger partial charge is 0.225 e.